The summed E-state index contributed by atoms with van der Waals surface area (Å²) in [6.07, 6.45) is 1.49. The van der Waals surface area contributed by atoms with E-state index in [-0.39, 0.29) is 0 Å². The highest BCUT2D eigenvalue weighted by Gasteiger charge is 2.07. The molecule has 2 aromatic carbocycles. The fourth-order valence-corrected chi connectivity index (χ4v) is 1.48. The van der Waals surface area contributed by atoms with Gasteiger partial charge in [0.05, 0.1) is 11.8 Å². The Balaban J connectivity index is 2.14. The summed E-state index contributed by atoms with van der Waals surface area (Å²) in [6, 6.07) is 15.8. The highest BCUT2D eigenvalue weighted by atomic mass is 16.5. The van der Waals surface area contributed by atoms with E-state index >= 15 is 0 Å². The van der Waals surface area contributed by atoms with Crippen LogP contribution < -0.4 is 10.6 Å². The van der Waals surface area contributed by atoms with Gasteiger partial charge in [-0.25, -0.2) is 4.79 Å². The zero-order valence-corrected chi connectivity index (χ0v) is 9.61. The monoisotopic (exact) mass is 240 g/mol. The summed E-state index contributed by atoms with van der Waals surface area (Å²) in [7, 11) is 0. The van der Waals surface area contributed by atoms with Crippen LogP contribution in [0.1, 0.15) is 15.9 Å². The predicted molar refractivity (Wildman–Crippen MR) is 69.6 cm³/mol. The molecule has 0 aromatic heterocycles. The molecule has 0 aliphatic heterocycles. The smallest absolute Gasteiger partial charge is 0.343 e. The summed E-state index contributed by atoms with van der Waals surface area (Å²) in [5, 5.41) is 3.42. The molecule has 0 heterocycles. The van der Waals surface area contributed by atoms with Gasteiger partial charge in [-0.3, -0.25) is 0 Å². The molecule has 0 radical (unpaired) electrons. The van der Waals surface area contributed by atoms with Crippen LogP contribution in [0.3, 0.4) is 0 Å². The Hall–Kier alpha value is -2.62. The fraction of sp³-hybridized carbons (Fsp3) is 0. The first-order valence-corrected chi connectivity index (χ1v) is 5.40. The van der Waals surface area contributed by atoms with Crippen LogP contribution in [0.4, 0.5) is 0 Å². The van der Waals surface area contributed by atoms with Crippen molar-refractivity contribution in [3.05, 3.63) is 65.7 Å². The van der Waals surface area contributed by atoms with Crippen LogP contribution >= 0.6 is 0 Å². The molecule has 4 nitrogen and oxygen atoms in total. The zero-order chi connectivity index (χ0) is 12.8. The molecule has 2 rings (SSSR count). The number of hydrogen-bond donors (Lipinski definition) is 1. The number of nitrogens with zero attached hydrogens (tertiary/aromatic N) is 1. The van der Waals surface area contributed by atoms with Crippen molar-refractivity contribution in [2.75, 3.05) is 0 Å². The van der Waals surface area contributed by atoms with Crippen molar-refractivity contribution in [2.24, 2.45) is 10.9 Å². The van der Waals surface area contributed by atoms with Crippen molar-refractivity contribution in [2.45, 2.75) is 0 Å². The number of rotatable bonds is 3. The lowest BCUT2D eigenvalue weighted by molar-refractivity contribution is 0.0735. The van der Waals surface area contributed by atoms with Crippen LogP contribution in [0.25, 0.3) is 0 Å². The standard InChI is InChI=1S/C14H12N2O2/c15-16-10-11-5-4-8-13(9-11)18-14(17)12-6-2-1-3-7-12/h1-10H,15H2. The highest BCUT2D eigenvalue weighted by Crippen LogP contribution is 2.14. The van der Waals surface area contributed by atoms with Crippen molar-refractivity contribution >= 4 is 12.2 Å². The Morgan fingerprint density at radius 2 is 1.89 bits per heavy atom. The van der Waals surface area contributed by atoms with E-state index in [1.807, 2.05) is 12.1 Å². The molecule has 0 bridgehead atoms. The van der Waals surface area contributed by atoms with Gasteiger partial charge in [0.2, 0.25) is 0 Å². The second kappa shape index (κ2) is 5.63. The van der Waals surface area contributed by atoms with E-state index in [1.165, 1.54) is 6.21 Å². The summed E-state index contributed by atoms with van der Waals surface area (Å²) in [5.74, 6) is 5.13. The Labute approximate surface area is 105 Å². The molecule has 0 unspecified atom stereocenters. The number of nitrogens with two attached hydrogens (primary N) is 1. The van der Waals surface area contributed by atoms with Gasteiger partial charge in [-0.1, -0.05) is 30.3 Å². The average Bonchev–Trinajstić information content (AvgIpc) is 2.40. The molecular formula is C14H12N2O2. The van der Waals surface area contributed by atoms with Crippen molar-refractivity contribution < 1.29 is 9.53 Å². The fourth-order valence-electron chi connectivity index (χ4n) is 1.48. The van der Waals surface area contributed by atoms with Gasteiger partial charge in [0.25, 0.3) is 0 Å². The minimum absolute atomic E-state index is 0.391. The lowest BCUT2D eigenvalue weighted by Gasteiger charge is -2.04. The largest absolute Gasteiger partial charge is 0.423 e. The summed E-state index contributed by atoms with van der Waals surface area (Å²) in [5.41, 5.74) is 1.28. The van der Waals surface area contributed by atoms with Crippen LogP contribution in [0.2, 0.25) is 0 Å². The molecule has 2 N–H and O–H groups in total. The molecule has 18 heavy (non-hydrogen) atoms. The molecular weight excluding hydrogens is 228 g/mol. The van der Waals surface area contributed by atoms with Gasteiger partial charge >= 0.3 is 5.97 Å². The second-order valence-electron chi connectivity index (χ2n) is 3.61. The van der Waals surface area contributed by atoms with Crippen molar-refractivity contribution in [1.82, 2.24) is 0 Å². The molecule has 4 heteroatoms. The minimum atomic E-state index is -0.391. The molecule has 90 valence electrons. The van der Waals surface area contributed by atoms with Gasteiger partial charge in [-0.2, -0.15) is 5.10 Å². The van der Waals surface area contributed by atoms with E-state index in [9.17, 15) is 4.79 Å². The molecule has 0 aliphatic rings. The number of hydrogen-bond acceptors (Lipinski definition) is 4. The zero-order valence-electron chi connectivity index (χ0n) is 9.61. The van der Waals surface area contributed by atoms with Gasteiger partial charge in [-0.05, 0) is 29.8 Å². The third kappa shape index (κ3) is 2.95. The summed E-state index contributed by atoms with van der Waals surface area (Å²) in [4.78, 5) is 11.8. The van der Waals surface area contributed by atoms with E-state index in [0.29, 0.717) is 11.3 Å². The number of hydrazone groups is 1. The second-order valence-corrected chi connectivity index (χ2v) is 3.61. The first-order valence-electron chi connectivity index (χ1n) is 5.40. The Morgan fingerprint density at radius 3 is 2.61 bits per heavy atom. The number of benzene rings is 2. The van der Waals surface area contributed by atoms with Crippen molar-refractivity contribution in [3.63, 3.8) is 0 Å². The van der Waals surface area contributed by atoms with Gasteiger partial charge in [-0.15, -0.1) is 0 Å². The lowest BCUT2D eigenvalue weighted by Crippen LogP contribution is -2.08. The lowest BCUT2D eigenvalue weighted by atomic mass is 10.2. The van der Waals surface area contributed by atoms with Crippen LogP contribution in [0.5, 0.6) is 5.75 Å². The maximum absolute atomic E-state index is 11.8. The number of ether oxygens (including phenoxy) is 1. The van der Waals surface area contributed by atoms with Gasteiger partial charge in [0, 0.05) is 0 Å². The molecule has 0 atom stereocenters. The van der Waals surface area contributed by atoms with Crippen LogP contribution in [-0.4, -0.2) is 12.2 Å². The molecule has 0 spiro atoms. The van der Waals surface area contributed by atoms with Crippen molar-refractivity contribution in [3.8, 4) is 5.75 Å². The molecule has 0 saturated heterocycles. The van der Waals surface area contributed by atoms with Crippen LogP contribution in [0, 0.1) is 0 Å². The third-order valence-electron chi connectivity index (χ3n) is 2.30. The number of carbonyl (C=O) groups excluding carboxylic acids is 1. The van der Waals surface area contributed by atoms with Crippen LogP contribution in [0.15, 0.2) is 59.7 Å². The predicted octanol–water partition coefficient (Wildman–Crippen LogP) is 2.20. The van der Waals surface area contributed by atoms with E-state index in [2.05, 4.69) is 5.10 Å². The van der Waals surface area contributed by atoms with E-state index in [0.717, 1.165) is 5.56 Å². The van der Waals surface area contributed by atoms with E-state index in [1.54, 1.807) is 42.5 Å². The molecule has 2 aromatic rings. The average molecular weight is 240 g/mol. The molecule has 0 saturated carbocycles. The third-order valence-corrected chi connectivity index (χ3v) is 2.30. The Morgan fingerprint density at radius 1 is 1.11 bits per heavy atom. The summed E-state index contributed by atoms with van der Waals surface area (Å²) < 4.78 is 5.25. The quantitative estimate of drug-likeness (QED) is 0.294. The highest BCUT2D eigenvalue weighted by molar-refractivity contribution is 5.91. The topological polar surface area (TPSA) is 64.7 Å². The molecule has 0 fully saturated rings. The maximum atomic E-state index is 11.8. The number of carbonyl (C=O) groups is 1. The minimum Gasteiger partial charge on any atom is -0.423 e. The maximum Gasteiger partial charge on any atom is 0.343 e. The normalized spacial score (nSPS) is 10.4. The van der Waals surface area contributed by atoms with Crippen molar-refractivity contribution in [1.29, 1.82) is 0 Å². The first kappa shape index (κ1) is 11.9. The molecule has 0 aliphatic carbocycles. The SMILES string of the molecule is NN=Cc1cccc(OC(=O)c2ccccc2)c1. The van der Waals surface area contributed by atoms with Crippen LogP contribution in [-0.2, 0) is 0 Å². The Kier molecular flexibility index (Phi) is 3.71. The summed E-state index contributed by atoms with van der Waals surface area (Å²) >= 11 is 0. The first-order chi connectivity index (χ1) is 8.79. The Bertz CT molecular complexity index is 565. The van der Waals surface area contributed by atoms with Gasteiger partial charge in [0.1, 0.15) is 5.75 Å². The van der Waals surface area contributed by atoms with E-state index < -0.39 is 5.97 Å². The van der Waals surface area contributed by atoms with E-state index in [4.69, 9.17) is 10.6 Å². The van der Waals surface area contributed by atoms with Gasteiger partial charge in [0.15, 0.2) is 0 Å². The number of esters is 1. The van der Waals surface area contributed by atoms with Gasteiger partial charge < -0.3 is 10.6 Å². The molecule has 0 amide bonds. The summed E-state index contributed by atoms with van der Waals surface area (Å²) in [6.45, 7) is 0.